The second-order valence-corrected chi connectivity index (χ2v) is 7.58. The molecule has 0 bridgehead atoms. The molecule has 2 rings (SSSR count). The Morgan fingerprint density at radius 2 is 1.43 bits per heavy atom. The molecule has 0 aliphatic heterocycles. The molecule has 0 spiro atoms. The van der Waals surface area contributed by atoms with E-state index in [1.54, 1.807) is 0 Å². The van der Waals surface area contributed by atoms with Gasteiger partial charge >= 0.3 is 5.97 Å². The molecule has 0 heterocycles. The van der Waals surface area contributed by atoms with Crippen LogP contribution < -0.4 is 24.2 Å². The number of benzene rings is 2. The minimum Gasteiger partial charge on any atom is -0.495 e. The Kier molecular flexibility index (Phi) is 7.11. The maximum absolute atomic E-state index is 13.0. The van der Waals surface area contributed by atoms with Gasteiger partial charge in [0.1, 0.15) is 5.75 Å². The summed E-state index contributed by atoms with van der Waals surface area (Å²) in [5.74, 6) is -0.466. The van der Waals surface area contributed by atoms with Gasteiger partial charge in [-0.3, -0.25) is 9.52 Å². The highest BCUT2D eigenvalue weighted by Crippen LogP contribution is 2.35. The number of hydrogen-bond acceptors (Lipinski definition) is 8. The number of ether oxygens (including phenoxy) is 4. The maximum Gasteiger partial charge on any atom is 0.340 e. The number of nitrogens with one attached hydrogen (secondary N) is 2. The third-order valence-corrected chi connectivity index (χ3v) is 5.33. The Labute approximate surface area is 174 Å². The van der Waals surface area contributed by atoms with Gasteiger partial charge in [-0.25, -0.2) is 13.2 Å². The molecule has 30 heavy (non-hydrogen) atoms. The Balaban J connectivity index is 2.55. The van der Waals surface area contributed by atoms with E-state index >= 15 is 0 Å². The molecule has 0 fully saturated rings. The Bertz CT molecular complexity index is 1070. The Hall–Kier alpha value is -3.47. The highest BCUT2D eigenvalue weighted by molar-refractivity contribution is 7.92. The molecule has 0 radical (unpaired) electrons. The van der Waals surface area contributed by atoms with Crippen LogP contribution in [-0.2, 0) is 19.6 Å². The van der Waals surface area contributed by atoms with Crippen molar-refractivity contribution in [3.63, 3.8) is 0 Å². The van der Waals surface area contributed by atoms with Gasteiger partial charge in [-0.15, -0.1) is 0 Å². The van der Waals surface area contributed by atoms with Crippen molar-refractivity contribution < 1.29 is 37.0 Å². The van der Waals surface area contributed by atoms with Crippen LogP contribution >= 0.6 is 0 Å². The molecule has 2 aromatic rings. The number of rotatable bonds is 8. The summed E-state index contributed by atoms with van der Waals surface area (Å²) >= 11 is 0. The summed E-state index contributed by atoms with van der Waals surface area (Å²) in [6.45, 7) is 1.28. The van der Waals surface area contributed by atoms with E-state index in [4.69, 9.17) is 18.9 Å². The number of carbonyl (C=O) groups is 2. The van der Waals surface area contributed by atoms with Gasteiger partial charge in [0, 0.05) is 19.1 Å². The molecule has 2 N–H and O–H groups in total. The van der Waals surface area contributed by atoms with E-state index in [0.717, 1.165) is 0 Å². The van der Waals surface area contributed by atoms with Crippen molar-refractivity contribution in [2.45, 2.75) is 11.8 Å². The first-order valence-corrected chi connectivity index (χ1v) is 9.98. The van der Waals surface area contributed by atoms with E-state index in [1.165, 1.54) is 65.7 Å². The van der Waals surface area contributed by atoms with Crippen LogP contribution in [-0.4, -0.2) is 48.7 Å². The zero-order valence-corrected chi connectivity index (χ0v) is 17.9. The zero-order valence-electron chi connectivity index (χ0n) is 17.1. The molecule has 0 saturated carbocycles. The van der Waals surface area contributed by atoms with Crippen molar-refractivity contribution in [1.82, 2.24) is 0 Å². The summed E-state index contributed by atoms with van der Waals surface area (Å²) in [6.07, 6.45) is 0. The second kappa shape index (κ2) is 9.35. The number of amides is 1. The standard InChI is InChI=1S/C19H22N2O8S/c1-11(22)20-15-8-12(6-7-16(15)26-2)30(24,25)21-14-10-18(28-4)17(27-3)9-13(14)19(23)29-5/h6-10,21H,1-5H3,(H,20,22). The fourth-order valence-electron chi connectivity index (χ4n) is 2.59. The predicted octanol–water partition coefficient (Wildman–Crippen LogP) is 2.26. The molecular formula is C19H22N2O8S. The number of esters is 1. The van der Waals surface area contributed by atoms with E-state index in [2.05, 4.69) is 10.0 Å². The van der Waals surface area contributed by atoms with Gasteiger partial charge in [-0.1, -0.05) is 0 Å². The lowest BCUT2D eigenvalue weighted by Gasteiger charge is -2.16. The Morgan fingerprint density at radius 3 is 1.97 bits per heavy atom. The van der Waals surface area contributed by atoms with Gasteiger partial charge in [0.2, 0.25) is 5.91 Å². The molecular weight excluding hydrogens is 416 g/mol. The van der Waals surface area contributed by atoms with E-state index in [-0.39, 0.29) is 39.1 Å². The quantitative estimate of drug-likeness (QED) is 0.601. The van der Waals surface area contributed by atoms with E-state index in [0.29, 0.717) is 0 Å². The number of carbonyl (C=O) groups excluding carboxylic acids is 2. The molecule has 0 aromatic heterocycles. The Morgan fingerprint density at radius 1 is 0.833 bits per heavy atom. The molecule has 162 valence electrons. The van der Waals surface area contributed by atoms with Gasteiger partial charge in [-0.2, -0.15) is 0 Å². The zero-order chi connectivity index (χ0) is 22.5. The number of methoxy groups -OCH3 is 4. The van der Waals surface area contributed by atoms with Gasteiger partial charge < -0.3 is 24.3 Å². The number of anilines is 2. The molecule has 1 amide bonds. The van der Waals surface area contributed by atoms with Crippen LogP contribution in [0.25, 0.3) is 0 Å². The normalized spacial score (nSPS) is 10.7. The highest BCUT2D eigenvalue weighted by Gasteiger charge is 2.23. The minimum absolute atomic E-state index is 0.0728. The van der Waals surface area contributed by atoms with Gasteiger partial charge in [0.25, 0.3) is 10.0 Å². The lowest BCUT2D eigenvalue weighted by atomic mass is 10.1. The van der Waals surface area contributed by atoms with Crippen LogP contribution in [0.4, 0.5) is 11.4 Å². The molecule has 11 heteroatoms. The van der Waals surface area contributed by atoms with Crippen molar-refractivity contribution in [2.24, 2.45) is 0 Å². The van der Waals surface area contributed by atoms with Crippen LogP contribution in [0.2, 0.25) is 0 Å². The van der Waals surface area contributed by atoms with Crippen molar-refractivity contribution >= 4 is 33.3 Å². The average molecular weight is 438 g/mol. The van der Waals surface area contributed by atoms with Crippen molar-refractivity contribution in [1.29, 1.82) is 0 Å². The molecule has 10 nitrogen and oxygen atoms in total. The molecule has 0 atom stereocenters. The number of hydrogen-bond donors (Lipinski definition) is 2. The first-order valence-electron chi connectivity index (χ1n) is 8.49. The lowest BCUT2D eigenvalue weighted by molar-refractivity contribution is -0.114. The topological polar surface area (TPSA) is 129 Å². The van der Waals surface area contributed by atoms with Crippen LogP contribution in [0.5, 0.6) is 17.2 Å². The molecule has 0 aliphatic rings. The SMILES string of the molecule is COC(=O)c1cc(OC)c(OC)cc1NS(=O)(=O)c1ccc(OC)c(NC(C)=O)c1. The smallest absolute Gasteiger partial charge is 0.340 e. The first-order chi connectivity index (χ1) is 14.2. The van der Waals surface area contributed by atoms with E-state index in [1.807, 2.05) is 0 Å². The first kappa shape index (κ1) is 22.8. The lowest BCUT2D eigenvalue weighted by Crippen LogP contribution is -2.17. The van der Waals surface area contributed by atoms with E-state index < -0.39 is 21.9 Å². The van der Waals surface area contributed by atoms with Gasteiger partial charge in [-0.05, 0) is 18.2 Å². The van der Waals surface area contributed by atoms with Crippen LogP contribution in [0.15, 0.2) is 35.2 Å². The van der Waals surface area contributed by atoms with Gasteiger partial charge in [0.05, 0.1) is 50.3 Å². The third kappa shape index (κ3) is 4.92. The van der Waals surface area contributed by atoms with E-state index in [9.17, 15) is 18.0 Å². The summed E-state index contributed by atoms with van der Waals surface area (Å²) < 4.78 is 48.5. The van der Waals surface area contributed by atoms with Crippen LogP contribution in [0.1, 0.15) is 17.3 Å². The van der Waals surface area contributed by atoms with Crippen molar-refractivity contribution in [2.75, 3.05) is 38.5 Å². The van der Waals surface area contributed by atoms with Crippen molar-refractivity contribution in [3.05, 3.63) is 35.9 Å². The number of sulfonamides is 1. The van der Waals surface area contributed by atoms with Crippen LogP contribution in [0.3, 0.4) is 0 Å². The highest BCUT2D eigenvalue weighted by atomic mass is 32.2. The summed E-state index contributed by atoms with van der Waals surface area (Å²) in [7, 11) is 1.14. The predicted molar refractivity (Wildman–Crippen MR) is 109 cm³/mol. The van der Waals surface area contributed by atoms with Crippen molar-refractivity contribution in [3.8, 4) is 17.2 Å². The monoisotopic (exact) mass is 438 g/mol. The maximum atomic E-state index is 13.0. The largest absolute Gasteiger partial charge is 0.495 e. The average Bonchev–Trinajstić information content (AvgIpc) is 2.72. The molecule has 0 saturated heterocycles. The third-order valence-electron chi connectivity index (χ3n) is 3.97. The summed E-state index contributed by atoms with van der Waals surface area (Å²) in [5.41, 5.74) is 0.0269. The minimum atomic E-state index is -4.17. The molecule has 0 aliphatic carbocycles. The second-order valence-electron chi connectivity index (χ2n) is 5.89. The fraction of sp³-hybridized carbons (Fsp3) is 0.263. The van der Waals surface area contributed by atoms with Gasteiger partial charge in [0.15, 0.2) is 11.5 Å². The summed E-state index contributed by atoms with van der Waals surface area (Å²) in [6, 6.07) is 6.54. The fourth-order valence-corrected chi connectivity index (χ4v) is 3.68. The molecule has 0 unspecified atom stereocenters. The summed E-state index contributed by atoms with van der Waals surface area (Å²) in [5, 5.41) is 2.51. The molecule has 2 aromatic carbocycles. The van der Waals surface area contributed by atoms with Crippen LogP contribution in [0, 0.1) is 0 Å². The summed E-state index contributed by atoms with van der Waals surface area (Å²) in [4.78, 5) is 23.4.